The Balaban J connectivity index is 1.84. The monoisotopic (exact) mass is 293 g/mol. The molecule has 4 N–H and O–H groups in total. The maximum atomic E-state index is 13.7. The van der Waals surface area contributed by atoms with Crippen molar-refractivity contribution in [1.82, 2.24) is 5.32 Å². The Bertz CT molecular complexity index is 605. The van der Waals surface area contributed by atoms with E-state index < -0.39 is 17.3 Å². The Hall–Kier alpha value is -2.18. The molecule has 1 aromatic carbocycles. The predicted molar refractivity (Wildman–Crippen MR) is 78.0 cm³/mol. The van der Waals surface area contributed by atoms with Gasteiger partial charge in [0.15, 0.2) is 11.6 Å². The van der Waals surface area contributed by atoms with E-state index in [2.05, 4.69) is 20.6 Å². The number of halogens is 2. The molecule has 0 bridgehead atoms. The maximum absolute atomic E-state index is 13.7. The lowest BCUT2D eigenvalue weighted by Crippen LogP contribution is -2.49. The minimum Gasteiger partial charge on any atom is -0.370 e. The summed E-state index contributed by atoms with van der Waals surface area (Å²) >= 11 is 0. The highest BCUT2D eigenvalue weighted by molar-refractivity contribution is 6.06. The Morgan fingerprint density at radius 3 is 2.62 bits per heavy atom. The Kier molecular flexibility index (Phi) is 3.48. The highest BCUT2D eigenvalue weighted by atomic mass is 19.1. The van der Waals surface area contributed by atoms with E-state index in [1.807, 2.05) is 0 Å². The Labute approximate surface area is 121 Å². The van der Waals surface area contributed by atoms with Crippen molar-refractivity contribution >= 4 is 17.6 Å². The van der Waals surface area contributed by atoms with Gasteiger partial charge < -0.3 is 11.1 Å². The Morgan fingerprint density at radius 1 is 1.14 bits per heavy atom. The molecule has 0 amide bonds. The van der Waals surface area contributed by atoms with Gasteiger partial charge in [-0.3, -0.25) is 5.32 Å². The van der Waals surface area contributed by atoms with Crippen LogP contribution in [0.2, 0.25) is 0 Å². The number of benzene rings is 1. The fourth-order valence-electron chi connectivity index (χ4n) is 2.75. The lowest BCUT2D eigenvalue weighted by atomic mass is 9.90. The molecule has 1 aliphatic heterocycles. The summed E-state index contributed by atoms with van der Waals surface area (Å²) < 4.78 is 26.6. The van der Waals surface area contributed by atoms with Gasteiger partial charge in [-0.15, -0.1) is 0 Å². The molecule has 112 valence electrons. The van der Waals surface area contributed by atoms with Crippen LogP contribution in [-0.2, 0) is 0 Å². The normalized spacial score (nSPS) is 20.5. The van der Waals surface area contributed by atoms with E-state index in [9.17, 15) is 8.78 Å². The van der Waals surface area contributed by atoms with Gasteiger partial charge in [0.25, 0.3) is 0 Å². The largest absolute Gasteiger partial charge is 0.370 e. The van der Waals surface area contributed by atoms with Crippen molar-refractivity contribution < 1.29 is 8.78 Å². The van der Waals surface area contributed by atoms with Crippen LogP contribution in [-0.4, -0.2) is 17.6 Å². The molecule has 1 aromatic rings. The van der Waals surface area contributed by atoms with Crippen molar-refractivity contribution in [2.75, 3.05) is 5.32 Å². The molecule has 5 nitrogen and oxygen atoms in total. The van der Waals surface area contributed by atoms with E-state index >= 15 is 0 Å². The predicted octanol–water partition coefficient (Wildman–Crippen LogP) is 2.31. The first-order valence-electron chi connectivity index (χ1n) is 7.01. The van der Waals surface area contributed by atoms with Crippen molar-refractivity contribution in [3.63, 3.8) is 0 Å². The third kappa shape index (κ3) is 2.96. The molecule has 1 saturated carbocycles. The van der Waals surface area contributed by atoms with E-state index in [4.69, 9.17) is 5.73 Å². The second-order valence-electron chi connectivity index (χ2n) is 5.37. The molecular weight excluding hydrogens is 276 g/mol. The van der Waals surface area contributed by atoms with Crippen LogP contribution in [0.5, 0.6) is 0 Å². The van der Waals surface area contributed by atoms with Gasteiger partial charge in [-0.25, -0.2) is 18.8 Å². The minimum atomic E-state index is -0.682. The lowest BCUT2D eigenvalue weighted by Gasteiger charge is -2.34. The molecule has 1 aliphatic carbocycles. The maximum Gasteiger partial charge on any atom is 0.205 e. The standard InChI is InChI=1S/C14H17F2N5/c15-9-4-5-11(10(16)8-9)18-13-19-12(17)20-14(21-13)6-2-1-3-7-14/h4-5,8H,1-3,6-7H2,(H4,17,18,19,20,21). The molecule has 0 saturated heterocycles. The third-order valence-electron chi connectivity index (χ3n) is 3.73. The van der Waals surface area contributed by atoms with Gasteiger partial charge in [-0.05, 0) is 37.8 Å². The first-order valence-corrected chi connectivity index (χ1v) is 7.01. The topological polar surface area (TPSA) is 74.8 Å². The van der Waals surface area contributed by atoms with Crippen LogP contribution in [0.25, 0.3) is 0 Å². The molecule has 0 atom stereocenters. The average Bonchev–Trinajstić information content (AvgIpc) is 2.42. The van der Waals surface area contributed by atoms with Crippen LogP contribution in [0.3, 0.4) is 0 Å². The molecule has 1 spiro atoms. The Morgan fingerprint density at radius 2 is 1.90 bits per heavy atom. The van der Waals surface area contributed by atoms with Gasteiger partial charge in [0.1, 0.15) is 11.6 Å². The van der Waals surface area contributed by atoms with Gasteiger partial charge in [0.05, 0.1) is 5.69 Å². The average molecular weight is 293 g/mol. The first kappa shape index (κ1) is 13.8. The molecule has 0 aromatic heterocycles. The third-order valence-corrected chi connectivity index (χ3v) is 3.73. The number of nitrogens with zero attached hydrogens (tertiary/aromatic N) is 2. The van der Waals surface area contributed by atoms with Crippen molar-refractivity contribution in [1.29, 1.82) is 0 Å². The molecule has 3 rings (SSSR count). The van der Waals surface area contributed by atoms with Crippen molar-refractivity contribution in [2.24, 2.45) is 15.7 Å². The summed E-state index contributed by atoms with van der Waals surface area (Å²) in [4.78, 5) is 8.95. The van der Waals surface area contributed by atoms with E-state index in [1.54, 1.807) is 0 Å². The van der Waals surface area contributed by atoms with Crippen LogP contribution in [0.1, 0.15) is 32.1 Å². The summed E-state index contributed by atoms with van der Waals surface area (Å²) in [6.07, 6.45) is 4.89. The van der Waals surface area contributed by atoms with Crippen molar-refractivity contribution in [3.05, 3.63) is 29.8 Å². The molecule has 1 heterocycles. The number of nitrogens with two attached hydrogens (primary N) is 1. The highest BCUT2D eigenvalue weighted by Crippen LogP contribution is 2.34. The summed E-state index contributed by atoms with van der Waals surface area (Å²) in [6, 6.07) is 3.33. The van der Waals surface area contributed by atoms with Gasteiger partial charge in [0, 0.05) is 6.07 Å². The summed E-state index contributed by atoms with van der Waals surface area (Å²) in [7, 11) is 0. The van der Waals surface area contributed by atoms with Gasteiger partial charge in [0.2, 0.25) is 5.96 Å². The van der Waals surface area contributed by atoms with Gasteiger partial charge in [-0.1, -0.05) is 6.42 Å². The van der Waals surface area contributed by atoms with Gasteiger partial charge >= 0.3 is 0 Å². The highest BCUT2D eigenvalue weighted by Gasteiger charge is 2.34. The van der Waals surface area contributed by atoms with Crippen LogP contribution in [0.4, 0.5) is 14.5 Å². The summed E-state index contributed by atoms with van der Waals surface area (Å²) in [6.45, 7) is 0. The zero-order valence-corrected chi connectivity index (χ0v) is 11.5. The van der Waals surface area contributed by atoms with Crippen LogP contribution in [0, 0.1) is 11.6 Å². The van der Waals surface area contributed by atoms with Crippen molar-refractivity contribution in [3.8, 4) is 0 Å². The second-order valence-corrected chi connectivity index (χ2v) is 5.37. The number of anilines is 1. The van der Waals surface area contributed by atoms with E-state index in [0.717, 1.165) is 38.2 Å². The molecule has 2 aliphatic rings. The number of rotatable bonds is 1. The SMILES string of the molecule is NC1=NC2(CCCCC2)N=C(Nc2ccc(F)cc2F)N1. The molecule has 1 fully saturated rings. The second kappa shape index (κ2) is 5.31. The van der Waals surface area contributed by atoms with Crippen LogP contribution in [0.15, 0.2) is 28.2 Å². The molecule has 0 unspecified atom stereocenters. The summed E-state index contributed by atoms with van der Waals surface area (Å²) in [5.41, 5.74) is 5.40. The van der Waals surface area contributed by atoms with E-state index in [0.29, 0.717) is 5.96 Å². The molecule has 7 heteroatoms. The number of hydrogen-bond acceptors (Lipinski definition) is 5. The number of hydrogen-bond donors (Lipinski definition) is 3. The minimum absolute atomic E-state index is 0.142. The summed E-state index contributed by atoms with van der Waals surface area (Å²) in [5.74, 6) is -0.702. The van der Waals surface area contributed by atoms with E-state index in [-0.39, 0.29) is 11.6 Å². The van der Waals surface area contributed by atoms with E-state index in [1.165, 1.54) is 12.1 Å². The summed E-state index contributed by atoms with van der Waals surface area (Å²) in [5, 5.41) is 5.60. The smallest absolute Gasteiger partial charge is 0.205 e. The lowest BCUT2D eigenvalue weighted by molar-refractivity contribution is 0.307. The number of guanidine groups is 2. The fourth-order valence-corrected chi connectivity index (χ4v) is 2.75. The quantitative estimate of drug-likeness (QED) is 0.744. The van der Waals surface area contributed by atoms with Crippen LogP contribution >= 0.6 is 0 Å². The molecule has 21 heavy (non-hydrogen) atoms. The zero-order chi connectivity index (χ0) is 14.9. The number of aliphatic imine (C=N–C) groups is 2. The first-order chi connectivity index (χ1) is 10.1. The molecular formula is C14H17F2N5. The van der Waals surface area contributed by atoms with Crippen molar-refractivity contribution in [2.45, 2.75) is 37.8 Å². The number of nitrogens with one attached hydrogen (secondary N) is 2. The van der Waals surface area contributed by atoms with Gasteiger partial charge in [-0.2, -0.15) is 0 Å². The fraction of sp³-hybridized carbons (Fsp3) is 0.429. The molecule has 0 radical (unpaired) electrons. The zero-order valence-electron chi connectivity index (χ0n) is 11.5. The van der Waals surface area contributed by atoms with Crippen LogP contribution < -0.4 is 16.4 Å².